The van der Waals surface area contributed by atoms with Gasteiger partial charge in [0.2, 0.25) is 17.0 Å². The Morgan fingerprint density at radius 1 is 1.39 bits per heavy atom. The van der Waals surface area contributed by atoms with E-state index >= 15 is 0 Å². The zero-order chi connectivity index (χ0) is 22.4. The van der Waals surface area contributed by atoms with E-state index in [1.807, 2.05) is 19.1 Å². The van der Waals surface area contributed by atoms with Crippen molar-refractivity contribution in [2.24, 2.45) is 0 Å². The molecule has 2 aromatic heterocycles. The number of nitrogens with one attached hydrogen (secondary N) is 2. The van der Waals surface area contributed by atoms with Crippen LogP contribution in [0, 0.1) is 6.92 Å². The molecule has 0 spiro atoms. The minimum Gasteiger partial charge on any atom is -0.462 e. The summed E-state index contributed by atoms with van der Waals surface area (Å²) >= 11 is 1.17. The molecule has 0 radical (unpaired) electrons. The van der Waals surface area contributed by atoms with E-state index in [-0.39, 0.29) is 41.7 Å². The number of H-pyrrole nitrogens is 1. The third-order valence-electron chi connectivity index (χ3n) is 4.64. The van der Waals surface area contributed by atoms with Crippen molar-refractivity contribution in [2.75, 3.05) is 30.3 Å². The third kappa shape index (κ3) is 6.96. The van der Waals surface area contributed by atoms with Gasteiger partial charge in [0.05, 0.1) is 23.8 Å². The minimum atomic E-state index is -3.07. The third-order valence-corrected chi connectivity index (χ3v) is 7.24. The van der Waals surface area contributed by atoms with E-state index in [0.29, 0.717) is 29.7 Å². The molecule has 168 valence electrons. The lowest BCUT2D eigenvalue weighted by Crippen LogP contribution is -2.45. The summed E-state index contributed by atoms with van der Waals surface area (Å²) in [6, 6.07) is 3.32. The summed E-state index contributed by atoms with van der Waals surface area (Å²) in [7, 11) is -3.07. The van der Waals surface area contributed by atoms with Crippen LogP contribution >= 0.6 is 11.8 Å². The molecule has 0 aliphatic carbocycles. The van der Waals surface area contributed by atoms with Crippen LogP contribution in [-0.2, 0) is 19.4 Å². The van der Waals surface area contributed by atoms with Gasteiger partial charge in [0, 0.05) is 12.6 Å². The fourth-order valence-electron chi connectivity index (χ4n) is 3.05. The fraction of sp³-hybridized carbons (Fsp3) is 0.474. The zero-order valence-electron chi connectivity index (χ0n) is 17.3. The average molecular weight is 468 g/mol. The highest BCUT2D eigenvalue weighted by molar-refractivity contribution is 7.99. The molecule has 1 saturated heterocycles. The van der Waals surface area contributed by atoms with Gasteiger partial charge in [0.1, 0.15) is 17.3 Å². The van der Waals surface area contributed by atoms with E-state index in [2.05, 4.69) is 20.5 Å². The van der Waals surface area contributed by atoms with E-state index in [1.165, 1.54) is 16.7 Å². The van der Waals surface area contributed by atoms with Crippen LogP contribution in [0.5, 0.6) is 0 Å². The number of hydrogen-bond acceptors (Lipinski definition) is 8. The Bertz CT molecular complexity index is 1060. The van der Waals surface area contributed by atoms with Crippen molar-refractivity contribution in [3.05, 3.63) is 29.5 Å². The van der Waals surface area contributed by atoms with Gasteiger partial charge >= 0.3 is 0 Å². The van der Waals surface area contributed by atoms with Gasteiger partial charge in [-0.05, 0) is 44.6 Å². The molecule has 0 aromatic carbocycles. The number of thioether (sulfide) groups is 1. The van der Waals surface area contributed by atoms with Crippen LogP contribution in [0.2, 0.25) is 0 Å². The molecule has 0 unspecified atom stereocenters. The van der Waals surface area contributed by atoms with Gasteiger partial charge in [-0.15, -0.1) is 5.10 Å². The van der Waals surface area contributed by atoms with Gasteiger partial charge in [-0.2, -0.15) is 0 Å². The average Bonchev–Trinajstić information content (AvgIpc) is 3.42. The maximum atomic E-state index is 12.5. The van der Waals surface area contributed by atoms with Crippen molar-refractivity contribution < 1.29 is 22.4 Å². The second-order valence-electron chi connectivity index (χ2n) is 7.15. The number of aromatic nitrogens is 3. The Morgan fingerprint density at radius 2 is 2.19 bits per heavy atom. The molecule has 2 aromatic rings. The van der Waals surface area contributed by atoms with Crippen LogP contribution < -0.4 is 5.32 Å². The number of hydrogen-bond donors (Lipinski definition) is 2. The molecule has 0 saturated carbocycles. The summed E-state index contributed by atoms with van der Waals surface area (Å²) in [5.74, 6) is 1.57. The van der Waals surface area contributed by atoms with Crippen LogP contribution in [0.3, 0.4) is 0 Å². The Morgan fingerprint density at radius 3 is 2.84 bits per heavy atom. The van der Waals surface area contributed by atoms with Gasteiger partial charge in [-0.25, -0.2) is 13.4 Å². The Balaban J connectivity index is 1.46. The minimum absolute atomic E-state index is 0.0458. The molecule has 0 bridgehead atoms. The van der Waals surface area contributed by atoms with E-state index in [0.717, 1.165) is 5.76 Å². The second-order valence-corrected chi connectivity index (χ2v) is 10.3. The maximum absolute atomic E-state index is 12.5. The fourth-order valence-corrected chi connectivity index (χ4v) is 5.43. The highest BCUT2D eigenvalue weighted by atomic mass is 32.2. The van der Waals surface area contributed by atoms with Gasteiger partial charge in [0.25, 0.3) is 0 Å². The van der Waals surface area contributed by atoms with Crippen molar-refractivity contribution >= 4 is 45.6 Å². The molecule has 12 heteroatoms. The molecule has 3 rings (SSSR count). The predicted octanol–water partition coefficient (Wildman–Crippen LogP) is 1.12. The first kappa shape index (κ1) is 23.1. The summed E-state index contributed by atoms with van der Waals surface area (Å²) in [5, 5.41) is 9.97. The number of aryl methyl sites for hydroxylation is 1. The summed E-state index contributed by atoms with van der Waals surface area (Å²) in [4.78, 5) is 30.4. The first-order valence-corrected chi connectivity index (χ1v) is 12.6. The van der Waals surface area contributed by atoms with E-state index in [9.17, 15) is 18.0 Å². The standard InChI is InChI=1S/C19H25N5O5S2/c1-3-24(10-17(25)20-14-8-9-31(27,28)12-14)18(26)11-30-19-21-16(22-23-19)7-6-15-5-4-13(2)29-15/h4-7,14H,3,8-12H2,1-2H3,(H,20,25)(H,21,22,23)/b7-6+/t14-/m1/s1. The summed E-state index contributed by atoms with van der Waals surface area (Å²) < 4.78 is 28.5. The zero-order valence-corrected chi connectivity index (χ0v) is 19.0. The number of amides is 2. The van der Waals surface area contributed by atoms with Gasteiger partial charge in [-0.3, -0.25) is 14.7 Å². The predicted molar refractivity (Wildman–Crippen MR) is 117 cm³/mol. The van der Waals surface area contributed by atoms with E-state index in [1.54, 1.807) is 19.1 Å². The lowest BCUT2D eigenvalue weighted by molar-refractivity contribution is -0.134. The van der Waals surface area contributed by atoms with Crippen molar-refractivity contribution in [1.29, 1.82) is 0 Å². The molecule has 1 fully saturated rings. The number of likely N-dealkylation sites (N-methyl/N-ethyl adjacent to an activating group) is 1. The maximum Gasteiger partial charge on any atom is 0.239 e. The normalized spacial score (nSPS) is 17.8. The topological polar surface area (TPSA) is 138 Å². The second kappa shape index (κ2) is 10.1. The lowest BCUT2D eigenvalue weighted by atomic mass is 10.2. The molecule has 1 atom stereocenters. The van der Waals surface area contributed by atoms with Gasteiger partial charge in [-0.1, -0.05) is 11.8 Å². The SMILES string of the molecule is CCN(CC(=O)N[C@@H]1CCS(=O)(=O)C1)C(=O)CSc1n[nH]c(/C=C/c2ccc(C)o2)n1. The van der Waals surface area contributed by atoms with Gasteiger partial charge < -0.3 is 14.6 Å². The van der Waals surface area contributed by atoms with Crippen LogP contribution in [-0.4, -0.2) is 76.7 Å². The van der Waals surface area contributed by atoms with Crippen LogP contribution in [0.25, 0.3) is 12.2 Å². The van der Waals surface area contributed by atoms with Crippen molar-refractivity contribution in [1.82, 2.24) is 25.4 Å². The molecule has 31 heavy (non-hydrogen) atoms. The molecule has 10 nitrogen and oxygen atoms in total. The van der Waals surface area contributed by atoms with Crippen molar-refractivity contribution in [3.8, 4) is 0 Å². The number of carbonyl (C=O) groups is 2. The Labute approximate surface area is 184 Å². The number of carbonyl (C=O) groups excluding carboxylic acids is 2. The quantitative estimate of drug-likeness (QED) is 0.523. The first-order chi connectivity index (χ1) is 14.7. The van der Waals surface area contributed by atoms with Crippen molar-refractivity contribution in [3.63, 3.8) is 0 Å². The summed E-state index contributed by atoms with van der Waals surface area (Å²) in [6.45, 7) is 3.89. The van der Waals surface area contributed by atoms with E-state index < -0.39 is 9.84 Å². The van der Waals surface area contributed by atoms with Crippen molar-refractivity contribution in [2.45, 2.75) is 31.5 Å². The highest BCUT2D eigenvalue weighted by Crippen LogP contribution is 2.15. The lowest BCUT2D eigenvalue weighted by Gasteiger charge is -2.21. The molecule has 2 amide bonds. The number of aromatic amines is 1. The Hall–Kier alpha value is -2.60. The van der Waals surface area contributed by atoms with Crippen LogP contribution in [0.1, 0.15) is 30.7 Å². The molecule has 3 heterocycles. The number of furan rings is 1. The molecular formula is C19H25N5O5S2. The number of nitrogens with zero attached hydrogens (tertiary/aromatic N) is 3. The molecular weight excluding hydrogens is 442 g/mol. The molecule has 1 aliphatic heterocycles. The van der Waals surface area contributed by atoms with Gasteiger partial charge in [0.15, 0.2) is 9.84 Å². The Kier molecular flexibility index (Phi) is 7.55. The van der Waals surface area contributed by atoms with Crippen LogP contribution in [0.15, 0.2) is 21.7 Å². The molecule has 1 aliphatic rings. The summed E-state index contributed by atoms with van der Waals surface area (Å²) in [6.07, 6.45) is 3.90. The highest BCUT2D eigenvalue weighted by Gasteiger charge is 2.29. The number of rotatable bonds is 9. The monoisotopic (exact) mass is 467 g/mol. The number of sulfone groups is 1. The largest absolute Gasteiger partial charge is 0.462 e. The van der Waals surface area contributed by atoms with E-state index in [4.69, 9.17) is 4.42 Å². The van der Waals surface area contributed by atoms with Crippen LogP contribution in [0.4, 0.5) is 0 Å². The summed E-state index contributed by atoms with van der Waals surface area (Å²) in [5.41, 5.74) is 0. The molecule has 2 N–H and O–H groups in total. The first-order valence-electron chi connectivity index (χ1n) is 9.81. The smallest absolute Gasteiger partial charge is 0.239 e.